The van der Waals surface area contributed by atoms with Crippen LogP contribution in [-0.2, 0) is 0 Å². The number of piperazine rings is 1. The Balaban J connectivity index is 1.51. The highest BCUT2D eigenvalue weighted by atomic mass is 16.5. The molecule has 2 bridgehead atoms. The Labute approximate surface area is 178 Å². The number of benzene rings is 2. The van der Waals surface area contributed by atoms with Gasteiger partial charge in [0.15, 0.2) is 11.5 Å². The summed E-state index contributed by atoms with van der Waals surface area (Å²) in [6.45, 7) is 1.79. The van der Waals surface area contributed by atoms with Crippen LogP contribution in [0.1, 0.15) is 12.8 Å². The molecule has 2 aromatic heterocycles. The number of anilines is 1. The van der Waals surface area contributed by atoms with Crippen molar-refractivity contribution in [2.45, 2.75) is 24.9 Å². The molecule has 0 aliphatic carbocycles. The third kappa shape index (κ3) is 3.11. The van der Waals surface area contributed by atoms with Crippen molar-refractivity contribution in [1.29, 1.82) is 0 Å². The van der Waals surface area contributed by atoms with E-state index in [0.29, 0.717) is 29.6 Å². The number of phenols is 1. The fourth-order valence-corrected chi connectivity index (χ4v) is 4.79. The molecule has 2 aliphatic rings. The second kappa shape index (κ2) is 7.02. The number of aromatic nitrogens is 4. The van der Waals surface area contributed by atoms with E-state index in [1.54, 1.807) is 25.4 Å². The molecule has 6 rings (SSSR count). The van der Waals surface area contributed by atoms with Gasteiger partial charge >= 0.3 is 6.01 Å². The van der Waals surface area contributed by atoms with Crippen LogP contribution in [0.5, 0.6) is 11.8 Å². The number of hydrogen-bond acceptors (Lipinski definition) is 8. The van der Waals surface area contributed by atoms with E-state index >= 15 is 0 Å². The highest BCUT2D eigenvalue weighted by Crippen LogP contribution is 2.33. The van der Waals surface area contributed by atoms with Crippen molar-refractivity contribution in [3.8, 4) is 23.1 Å². The molecule has 2 fully saturated rings. The van der Waals surface area contributed by atoms with Crippen molar-refractivity contribution < 1.29 is 9.84 Å². The molecule has 0 saturated carbocycles. The van der Waals surface area contributed by atoms with Crippen LogP contribution in [0.2, 0.25) is 0 Å². The van der Waals surface area contributed by atoms with Gasteiger partial charge in [-0.3, -0.25) is 0 Å². The summed E-state index contributed by atoms with van der Waals surface area (Å²) in [5, 5.41) is 16.6. The summed E-state index contributed by atoms with van der Waals surface area (Å²) in [5.41, 5.74) is 1.29. The highest BCUT2D eigenvalue weighted by molar-refractivity contribution is 5.97. The van der Waals surface area contributed by atoms with Crippen molar-refractivity contribution >= 4 is 27.6 Å². The predicted octanol–water partition coefficient (Wildman–Crippen LogP) is 2.89. The van der Waals surface area contributed by atoms with Gasteiger partial charge in [-0.2, -0.15) is 9.97 Å². The average Bonchev–Trinajstić information content (AvgIpc) is 3.14. The summed E-state index contributed by atoms with van der Waals surface area (Å²) >= 11 is 0. The van der Waals surface area contributed by atoms with Gasteiger partial charge in [-0.05, 0) is 35.7 Å². The maximum atomic E-state index is 10.2. The van der Waals surface area contributed by atoms with Crippen molar-refractivity contribution in [2.24, 2.45) is 0 Å². The summed E-state index contributed by atoms with van der Waals surface area (Å²) in [6.07, 6.45) is 4.16. The van der Waals surface area contributed by atoms with Crippen molar-refractivity contribution in [3.05, 3.63) is 42.6 Å². The van der Waals surface area contributed by atoms with Crippen molar-refractivity contribution in [2.75, 3.05) is 25.1 Å². The van der Waals surface area contributed by atoms with E-state index in [-0.39, 0.29) is 5.75 Å². The zero-order valence-electron chi connectivity index (χ0n) is 17.1. The number of hydrogen-bond donors (Lipinski definition) is 2. The van der Waals surface area contributed by atoms with E-state index in [2.05, 4.69) is 25.2 Å². The summed E-state index contributed by atoms with van der Waals surface area (Å²) < 4.78 is 5.39. The maximum Gasteiger partial charge on any atom is 0.320 e. The molecule has 0 radical (unpaired) electrons. The number of nitrogens with zero attached hydrogens (tertiary/aromatic N) is 5. The number of nitrogens with one attached hydrogen (secondary N) is 1. The molecule has 4 heterocycles. The Morgan fingerprint density at radius 1 is 1.03 bits per heavy atom. The summed E-state index contributed by atoms with van der Waals surface area (Å²) in [4.78, 5) is 20.8. The van der Waals surface area contributed by atoms with E-state index in [1.165, 1.54) is 12.8 Å². The van der Waals surface area contributed by atoms with Gasteiger partial charge in [-0.25, -0.2) is 9.97 Å². The molecule has 4 aromatic rings. The lowest BCUT2D eigenvalue weighted by molar-refractivity contribution is 0.380. The molecule has 156 valence electrons. The first kappa shape index (κ1) is 18.3. The van der Waals surface area contributed by atoms with Gasteiger partial charge < -0.3 is 20.1 Å². The van der Waals surface area contributed by atoms with Crippen LogP contribution in [0.4, 0.5) is 5.82 Å². The van der Waals surface area contributed by atoms with E-state index in [4.69, 9.17) is 9.72 Å². The SMILES string of the molecule is COc1nc(N2CC3CCC(C2)N3)c2cnc(-c3cc(O)cc4ccccc34)nc2n1. The normalized spacial score (nSPS) is 20.5. The first-order valence-corrected chi connectivity index (χ1v) is 10.5. The van der Waals surface area contributed by atoms with Crippen LogP contribution in [-0.4, -0.2) is 57.3 Å². The van der Waals surface area contributed by atoms with E-state index in [9.17, 15) is 5.11 Å². The average molecular weight is 414 g/mol. The number of rotatable bonds is 3. The molecular weight excluding hydrogens is 392 g/mol. The fraction of sp³-hybridized carbons (Fsp3) is 0.304. The minimum Gasteiger partial charge on any atom is -0.508 e. The Kier molecular flexibility index (Phi) is 4.14. The summed E-state index contributed by atoms with van der Waals surface area (Å²) in [6, 6.07) is 12.5. The standard InChI is InChI=1S/C23H22N6O2/c1-31-23-27-21-19(22(28-23)29-11-14-6-7-15(12-29)25-14)10-24-20(26-21)18-9-16(30)8-13-4-2-3-5-17(13)18/h2-5,8-10,14-15,25,30H,6-7,11-12H2,1H3. The molecule has 8 nitrogen and oxygen atoms in total. The minimum absolute atomic E-state index is 0.176. The minimum atomic E-state index is 0.176. The molecule has 2 saturated heterocycles. The Morgan fingerprint density at radius 3 is 2.65 bits per heavy atom. The quantitative estimate of drug-likeness (QED) is 0.528. The molecule has 8 heteroatoms. The second-order valence-electron chi connectivity index (χ2n) is 8.22. The van der Waals surface area contributed by atoms with Crippen LogP contribution >= 0.6 is 0 Å². The highest BCUT2D eigenvalue weighted by Gasteiger charge is 2.33. The number of ether oxygens (including phenoxy) is 1. The summed E-state index contributed by atoms with van der Waals surface area (Å²) in [7, 11) is 1.57. The number of phenolic OH excluding ortho intramolecular Hbond substituents is 1. The zero-order chi connectivity index (χ0) is 20.9. The lowest BCUT2D eigenvalue weighted by Crippen LogP contribution is -2.51. The number of methoxy groups -OCH3 is 1. The van der Waals surface area contributed by atoms with Crippen LogP contribution in [0, 0.1) is 0 Å². The lowest BCUT2D eigenvalue weighted by atomic mass is 10.0. The Morgan fingerprint density at radius 2 is 1.84 bits per heavy atom. The molecule has 2 atom stereocenters. The lowest BCUT2D eigenvalue weighted by Gasteiger charge is -2.34. The predicted molar refractivity (Wildman–Crippen MR) is 118 cm³/mol. The largest absolute Gasteiger partial charge is 0.508 e. The molecule has 0 spiro atoms. The van der Waals surface area contributed by atoms with Crippen LogP contribution < -0.4 is 15.0 Å². The second-order valence-corrected chi connectivity index (χ2v) is 8.22. The first-order chi connectivity index (χ1) is 15.2. The fourth-order valence-electron chi connectivity index (χ4n) is 4.79. The first-order valence-electron chi connectivity index (χ1n) is 10.5. The van der Waals surface area contributed by atoms with Gasteiger partial charge in [-0.1, -0.05) is 24.3 Å². The number of fused-ring (bicyclic) bond motifs is 4. The molecule has 2 unspecified atom stereocenters. The van der Waals surface area contributed by atoms with Crippen molar-refractivity contribution in [3.63, 3.8) is 0 Å². The molecule has 31 heavy (non-hydrogen) atoms. The zero-order valence-corrected chi connectivity index (χ0v) is 17.1. The van der Waals surface area contributed by atoms with Crippen LogP contribution in [0.3, 0.4) is 0 Å². The molecule has 2 N–H and O–H groups in total. The maximum absolute atomic E-state index is 10.2. The summed E-state index contributed by atoms with van der Waals surface area (Å²) in [5.74, 6) is 1.49. The molecular formula is C23H22N6O2. The Hall–Kier alpha value is -3.52. The Bertz CT molecular complexity index is 1300. The third-order valence-electron chi connectivity index (χ3n) is 6.20. The van der Waals surface area contributed by atoms with Gasteiger partial charge in [0.05, 0.1) is 12.5 Å². The molecule has 0 amide bonds. The monoisotopic (exact) mass is 414 g/mol. The van der Waals surface area contributed by atoms with Gasteiger partial charge in [-0.15, -0.1) is 0 Å². The molecule has 2 aromatic carbocycles. The van der Waals surface area contributed by atoms with Gasteiger partial charge in [0.25, 0.3) is 0 Å². The van der Waals surface area contributed by atoms with Crippen LogP contribution in [0.25, 0.3) is 33.2 Å². The van der Waals surface area contributed by atoms with Crippen LogP contribution in [0.15, 0.2) is 42.6 Å². The van der Waals surface area contributed by atoms with Gasteiger partial charge in [0.2, 0.25) is 0 Å². The van der Waals surface area contributed by atoms with Crippen molar-refractivity contribution in [1.82, 2.24) is 25.3 Å². The van der Waals surface area contributed by atoms with Gasteiger partial charge in [0.1, 0.15) is 11.6 Å². The van der Waals surface area contributed by atoms with E-state index < -0.39 is 0 Å². The van der Waals surface area contributed by atoms with E-state index in [1.807, 2.05) is 24.3 Å². The third-order valence-corrected chi connectivity index (χ3v) is 6.20. The molecule has 2 aliphatic heterocycles. The topological polar surface area (TPSA) is 96.3 Å². The smallest absolute Gasteiger partial charge is 0.320 e. The number of aromatic hydroxyl groups is 1. The van der Waals surface area contributed by atoms with Gasteiger partial charge in [0, 0.05) is 36.9 Å². The van der Waals surface area contributed by atoms with E-state index in [0.717, 1.165) is 40.6 Å².